The van der Waals surface area contributed by atoms with Crippen LogP contribution in [0.25, 0.3) is 10.9 Å². The number of nitrogens with zero attached hydrogens (tertiary/aromatic N) is 5. The number of rotatable bonds is 14. The number of ether oxygens (including phenoxy) is 3. The predicted octanol–water partition coefficient (Wildman–Crippen LogP) is 5.49. The molecule has 0 unspecified atom stereocenters. The Balaban J connectivity index is 1.13. The lowest BCUT2D eigenvalue weighted by atomic mass is 10.1. The predicted molar refractivity (Wildman–Crippen MR) is 177 cm³/mol. The van der Waals surface area contributed by atoms with Crippen molar-refractivity contribution in [3.8, 4) is 23.3 Å². The monoisotopic (exact) mass is 668 g/mol. The third-order valence-corrected chi connectivity index (χ3v) is 8.99. The van der Waals surface area contributed by atoms with Gasteiger partial charge in [0.05, 0.1) is 53.3 Å². The molecule has 0 radical (unpaired) electrons. The molecule has 244 valence electrons. The van der Waals surface area contributed by atoms with E-state index in [1.807, 2.05) is 12.1 Å². The molecule has 0 saturated carbocycles. The molecule has 0 aliphatic carbocycles. The fraction of sp³-hybridized carbons (Fsp3) is 0.455. The third kappa shape index (κ3) is 7.93. The van der Waals surface area contributed by atoms with Crippen LogP contribution >= 0.6 is 23.2 Å². The lowest BCUT2D eigenvalue weighted by Gasteiger charge is -2.34. The summed E-state index contributed by atoms with van der Waals surface area (Å²) in [6.07, 6.45) is 4.92. The van der Waals surface area contributed by atoms with Crippen molar-refractivity contribution in [3.05, 3.63) is 46.1 Å². The van der Waals surface area contributed by atoms with Gasteiger partial charge in [0.25, 0.3) is 0 Å². The van der Waals surface area contributed by atoms with Crippen molar-refractivity contribution in [1.29, 1.82) is 5.26 Å². The minimum Gasteiger partial charge on any atom is -0.495 e. The maximum absolute atomic E-state index is 11.8. The number of piperazine rings is 1. The molecule has 46 heavy (non-hydrogen) atoms. The van der Waals surface area contributed by atoms with Gasteiger partial charge in [0.15, 0.2) is 11.5 Å². The highest BCUT2D eigenvalue weighted by Crippen LogP contribution is 2.40. The number of carbonyl (C=O) groups excluding carboxylic acids is 2. The number of hydrogen-bond acceptors (Lipinski definition) is 10. The highest BCUT2D eigenvalue weighted by molar-refractivity contribution is 6.37. The number of nitrogens with one attached hydrogen (secondary N) is 1. The molecule has 2 fully saturated rings. The van der Waals surface area contributed by atoms with Gasteiger partial charge in [-0.05, 0) is 37.9 Å². The Hall–Kier alpha value is -3.82. The summed E-state index contributed by atoms with van der Waals surface area (Å²) in [5.41, 5.74) is 2.02. The van der Waals surface area contributed by atoms with Crippen LogP contribution < -0.4 is 19.5 Å². The molecule has 5 rings (SSSR count). The highest BCUT2D eigenvalue weighted by atomic mass is 35.5. The molecule has 13 heteroatoms. The molecular formula is C33H38Cl2N6O5. The van der Waals surface area contributed by atoms with E-state index >= 15 is 0 Å². The van der Waals surface area contributed by atoms with E-state index in [1.165, 1.54) is 18.2 Å². The summed E-state index contributed by atoms with van der Waals surface area (Å²) in [6.45, 7) is 6.95. The van der Waals surface area contributed by atoms with Gasteiger partial charge in [-0.2, -0.15) is 5.26 Å². The Morgan fingerprint density at radius 1 is 0.848 bits per heavy atom. The van der Waals surface area contributed by atoms with Gasteiger partial charge in [-0.1, -0.05) is 23.2 Å². The lowest BCUT2D eigenvalue weighted by molar-refractivity contribution is -0.138. The molecule has 1 N–H and O–H groups in total. The molecule has 2 aromatic carbocycles. The van der Waals surface area contributed by atoms with E-state index in [0.29, 0.717) is 81.1 Å². The third-order valence-electron chi connectivity index (χ3n) is 8.38. The summed E-state index contributed by atoms with van der Waals surface area (Å²) < 4.78 is 17.2. The van der Waals surface area contributed by atoms with Gasteiger partial charge in [0, 0.05) is 75.8 Å². The molecule has 2 aliphatic rings. The standard InChI is InChI=1S/C33H38Cl2N6O5/c1-44-28-19-27(24(34)17-25(28)35)38-33-22(20-36)21-37-26-18-30(29(45-2)16-23(26)33)46-15-5-9-40-13-11-39(12-14-40)8-3-4-10-41-31(42)6-7-32(41)43/h16-19,21H,3-15H2,1-2H3,(H,37,38). The maximum Gasteiger partial charge on any atom is 0.229 e. The topological polar surface area (TPSA) is 120 Å². The van der Waals surface area contributed by atoms with Crippen LogP contribution in [0.4, 0.5) is 11.4 Å². The van der Waals surface area contributed by atoms with Crippen molar-refractivity contribution < 1.29 is 23.8 Å². The van der Waals surface area contributed by atoms with Gasteiger partial charge in [0.2, 0.25) is 11.8 Å². The fourth-order valence-electron chi connectivity index (χ4n) is 5.79. The number of imide groups is 1. The number of carbonyl (C=O) groups is 2. The summed E-state index contributed by atoms with van der Waals surface area (Å²) >= 11 is 12.7. The first kappa shape index (κ1) is 33.5. The number of hydrogen-bond donors (Lipinski definition) is 1. The van der Waals surface area contributed by atoms with Gasteiger partial charge in [-0.3, -0.25) is 19.5 Å². The number of halogens is 2. The summed E-state index contributed by atoms with van der Waals surface area (Å²) in [5, 5.41) is 14.5. The zero-order valence-electron chi connectivity index (χ0n) is 26.1. The largest absolute Gasteiger partial charge is 0.495 e. The first-order valence-electron chi connectivity index (χ1n) is 15.4. The Bertz CT molecular complexity index is 1610. The van der Waals surface area contributed by atoms with Crippen LogP contribution in [-0.4, -0.2) is 98.1 Å². The quantitative estimate of drug-likeness (QED) is 0.174. The zero-order chi connectivity index (χ0) is 32.6. The summed E-state index contributed by atoms with van der Waals surface area (Å²) in [7, 11) is 3.10. The minimum atomic E-state index is -0.0309. The molecule has 2 saturated heterocycles. The molecule has 2 aliphatic heterocycles. The van der Waals surface area contributed by atoms with Crippen molar-refractivity contribution in [3.63, 3.8) is 0 Å². The second-order valence-corrected chi connectivity index (χ2v) is 12.1. The fourth-order valence-corrected chi connectivity index (χ4v) is 6.30. The average Bonchev–Trinajstić information content (AvgIpc) is 3.38. The second-order valence-electron chi connectivity index (χ2n) is 11.3. The highest BCUT2D eigenvalue weighted by Gasteiger charge is 2.28. The molecule has 1 aromatic heterocycles. The average molecular weight is 670 g/mol. The van der Waals surface area contributed by atoms with Crippen LogP contribution in [0.2, 0.25) is 10.0 Å². The van der Waals surface area contributed by atoms with Crippen LogP contribution in [0, 0.1) is 11.3 Å². The van der Waals surface area contributed by atoms with Crippen LogP contribution in [0.5, 0.6) is 17.2 Å². The van der Waals surface area contributed by atoms with Crippen LogP contribution in [-0.2, 0) is 9.59 Å². The Morgan fingerprint density at radius 3 is 2.15 bits per heavy atom. The normalized spacial score (nSPS) is 15.8. The van der Waals surface area contributed by atoms with Crippen molar-refractivity contribution in [2.75, 3.05) is 72.0 Å². The van der Waals surface area contributed by atoms with Crippen LogP contribution in [0.3, 0.4) is 0 Å². The number of aromatic nitrogens is 1. The van der Waals surface area contributed by atoms with Gasteiger partial charge in [-0.15, -0.1) is 0 Å². The SMILES string of the molecule is COc1cc(Nc2c(C#N)cnc3cc(OCCCN4CCN(CCCCN5C(=O)CCC5=O)CC4)c(OC)cc23)c(Cl)cc1Cl. The number of nitriles is 1. The van der Waals surface area contributed by atoms with E-state index in [-0.39, 0.29) is 11.8 Å². The molecule has 3 heterocycles. The van der Waals surface area contributed by atoms with Crippen LogP contribution in [0.15, 0.2) is 30.5 Å². The Morgan fingerprint density at radius 2 is 1.50 bits per heavy atom. The maximum atomic E-state index is 11.8. The van der Waals surface area contributed by atoms with Crippen molar-refractivity contribution in [1.82, 2.24) is 19.7 Å². The molecule has 11 nitrogen and oxygen atoms in total. The first-order chi connectivity index (χ1) is 22.3. The number of anilines is 2. The van der Waals surface area contributed by atoms with Crippen molar-refractivity contribution in [2.24, 2.45) is 0 Å². The smallest absolute Gasteiger partial charge is 0.229 e. The van der Waals surface area contributed by atoms with E-state index in [1.54, 1.807) is 19.2 Å². The zero-order valence-corrected chi connectivity index (χ0v) is 27.6. The molecule has 2 amide bonds. The van der Waals surface area contributed by atoms with Gasteiger partial charge >= 0.3 is 0 Å². The van der Waals surface area contributed by atoms with E-state index in [2.05, 4.69) is 26.2 Å². The summed E-state index contributed by atoms with van der Waals surface area (Å²) in [5.74, 6) is 1.49. The molecular weight excluding hydrogens is 631 g/mol. The van der Waals surface area contributed by atoms with Gasteiger partial charge in [-0.25, -0.2) is 0 Å². The summed E-state index contributed by atoms with van der Waals surface area (Å²) in [6, 6.07) is 9.08. The number of pyridine rings is 1. The number of likely N-dealkylation sites (tertiary alicyclic amines) is 1. The number of amides is 2. The second kappa shape index (κ2) is 15.6. The molecule has 0 atom stereocenters. The number of methoxy groups -OCH3 is 2. The van der Waals surface area contributed by atoms with Crippen LogP contribution in [0.1, 0.15) is 37.7 Å². The van der Waals surface area contributed by atoms with E-state index in [4.69, 9.17) is 37.4 Å². The first-order valence-corrected chi connectivity index (χ1v) is 16.2. The minimum absolute atomic E-state index is 0.0309. The Kier molecular flexibility index (Phi) is 11.4. The van der Waals surface area contributed by atoms with E-state index in [9.17, 15) is 14.9 Å². The van der Waals surface area contributed by atoms with Gasteiger partial charge in [0.1, 0.15) is 11.8 Å². The Labute approximate surface area is 278 Å². The summed E-state index contributed by atoms with van der Waals surface area (Å²) in [4.78, 5) is 34.3. The molecule has 0 bridgehead atoms. The van der Waals surface area contributed by atoms with Gasteiger partial charge < -0.3 is 29.3 Å². The lowest BCUT2D eigenvalue weighted by Crippen LogP contribution is -2.47. The molecule has 3 aromatic rings. The van der Waals surface area contributed by atoms with Crippen molar-refractivity contribution >= 4 is 57.3 Å². The van der Waals surface area contributed by atoms with Crippen molar-refractivity contribution in [2.45, 2.75) is 32.1 Å². The number of benzene rings is 2. The number of fused-ring (bicyclic) bond motifs is 1. The van der Waals surface area contributed by atoms with E-state index in [0.717, 1.165) is 58.5 Å². The molecule has 0 spiro atoms. The van der Waals surface area contributed by atoms with E-state index < -0.39 is 0 Å². The number of unbranched alkanes of at least 4 members (excludes halogenated alkanes) is 1.